The van der Waals surface area contributed by atoms with Gasteiger partial charge in [0.05, 0.1) is 5.69 Å². The first-order chi connectivity index (χ1) is 14.6. The second-order valence-corrected chi connectivity index (χ2v) is 6.52. The van der Waals surface area contributed by atoms with E-state index in [1.54, 1.807) is 0 Å². The van der Waals surface area contributed by atoms with Crippen molar-refractivity contribution in [1.82, 2.24) is 5.32 Å². The largest absolute Gasteiger partial charge is 0.399 e. The Kier molecular flexibility index (Phi) is 15.9. The molecule has 0 fully saturated rings. The van der Waals surface area contributed by atoms with Gasteiger partial charge in [0.1, 0.15) is 0 Å². The van der Waals surface area contributed by atoms with E-state index < -0.39 is 0 Å². The summed E-state index contributed by atoms with van der Waals surface area (Å²) in [5.74, 6) is 0. The fourth-order valence-electron chi connectivity index (χ4n) is 2.53. The third-order valence-corrected chi connectivity index (χ3v) is 4.03. The minimum absolute atomic E-state index is 0.765. The average molecular weight is 407 g/mol. The summed E-state index contributed by atoms with van der Waals surface area (Å²) in [4.78, 5) is 4.49. The molecule has 0 unspecified atom stereocenters. The van der Waals surface area contributed by atoms with Crippen molar-refractivity contribution in [3.8, 4) is 0 Å². The first-order valence-corrected chi connectivity index (χ1v) is 10.3. The summed E-state index contributed by atoms with van der Waals surface area (Å²) in [6.07, 6.45) is 6.73. The normalized spacial score (nSPS) is 9.63. The molecule has 2 aromatic rings. The Bertz CT molecular complexity index is 716. The Morgan fingerprint density at radius 2 is 1.43 bits per heavy atom. The number of benzene rings is 2. The zero-order valence-corrected chi connectivity index (χ0v) is 18.5. The van der Waals surface area contributed by atoms with Gasteiger partial charge in [-0.05, 0) is 61.7 Å². The zero-order valence-electron chi connectivity index (χ0n) is 18.5. The molecule has 0 aliphatic heterocycles. The topological polar surface area (TPSA) is 62.4 Å². The number of aliphatic imine (C=N–C) groups is 1. The first-order valence-electron chi connectivity index (χ1n) is 10.3. The molecule has 4 nitrogen and oxygen atoms in total. The summed E-state index contributed by atoms with van der Waals surface area (Å²) >= 11 is 0. The monoisotopic (exact) mass is 406 g/mol. The number of hydrogen-bond acceptors (Lipinski definition) is 4. The molecule has 4 N–H and O–H groups in total. The van der Waals surface area contributed by atoms with Gasteiger partial charge in [-0.25, -0.2) is 0 Å². The number of nitrogens with two attached hydrogens (primary N) is 1. The molecule has 162 valence electrons. The SMILES string of the molecule is C=C.C=C.C=C(C)NCCCCCCNc1ccc(N=Cc2ccc(N)cc2)cc1. The van der Waals surface area contributed by atoms with E-state index >= 15 is 0 Å². The van der Waals surface area contributed by atoms with Gasteiger partial charge in [0.25, 0.3) is 0 Å². The Balaban J connectivity index is 0.00000198. The quantitative estimate of drug-likeness (QED) is 0.168. The Morgan fingerprint density at radius 1 is 0.867 bits per heavy atom. The molecule has 0 aliphatic rings. The minimum atomic E-state index is 0.765. The average Bonchev–Trinajstić information content (AvgIpc) is 2.78. The number of nitrogens with one attached hydrogen (secondary N) is 2. The van der Waals surface area contributed by atoms with Gasteiger partial charge in [-0.3, -0.25) is 4.99 Å². The third-order valence-electron chi connectivity index (χ3n) is 4.03. The van der Waals surface area contributed by atoms with Crippen molar-refractivity contribution in [3.63, 3.8) is 0 Å². The lowest BCUT2D eigenvalue weighted by Gasteiger charge is -2.07. The van der Waals surface area contributed by atoms with E-state index in [-0.39, 0.29) is 0 Å². The van der Waals surface area contributed by atoms with E-state index in [9.17, 15) is 0 Å². The van der Waals surface area contributed by atoms with Gasteiger partial charge in [0, 0.05) is 36.4 Å². The molecule has 0 bridgehead atoms. The summed E-state index contributed by atoms with van der Waals surface area (Å²) < 4.78 is 0. The Labute approximate surface area is 183 Å². The molecule has 0 aromatic heterocycles. The van der Waals surface area contributed by atoms with Gasteiger partial charge in [-0.1, -0.05) is 31.6 Å². The van der Waals surface area contributed by atoms with Crippen LogP contribution in [0.5, 0.6) is 0 Å². The highest BCUT2D eigenvalue weighted by Crippen LogP contribution is 2.17. The number of unbranched alkanes of at least 4 members (excludes halogenated alkanes) is 3. The van der Waals surface area contributed by atoms with Gasteiger partial charge in [0.2, 0.25) is 0 Å². The maximum atomic E-state index is 5.68. The summed E-state index contributed by atoms with van der Waals surface area (Å²) in [5.41, 5.74) is 10.6. The summed E-state index contributed by atoms with van der Waals surface area (Å²) in [5, 5.41) is 6.73. The molecule has 0 saturated carbocycles. The lowest BCUT2D eigenvalue weighted by Crippen LogP contribution is -2.11. The number of allylic oxidation sites excluding steroid dienone is 1. The van der Waals surface area contributed by atoms with E-state index in [1.165, 1.54) is 25.7 Å². The van der Waals surface area contributed by atoms with Crippen LogP contribution in [0.25, 0.3) is 0 Å². The van der Waals surface area contributed by atoms with E-state index in [1.807, 2.05) is 49.5 Å². The van der Waals surface area contributed by atoms with Crippen LogP contribution in [0.15, 0.2) is 92.1 Å². The fourth-order valence-corrected chi connectivity index (χ4v) is 2.53. The number of hydrogen-bond donors (Lipinski definition) is 3. The highest BCUT2D eigenvalue weighted by atomic mass is 14.9. The molecule has 0 heterocycles. The third kappa shape index (κ3) is 13.0. The molecule has 0 aliphatic carbocycles. The van der Waals surface area contributed by atoms with E-state index in [4.69, 9.17) is 5.73 Å². The molecular weight excluding hydrogens is 368 g/mol. The zero-order chi connectivity index (χ0) is 22.6. The molecule has 2 aromatic carbocycles. The van der Waals surface area contributed by atoms with Crippen LogP contribution in [0.2, 0.25) is 0 Å². The van der Waals surface area contributed by atoms with E-state index in [0.717, 1.165) is 41.4 Å². The van der Waals surface area contributed by atoms with E-state index in [2.05, 4.69) is 60.7 Å². The van der Waals surface area contributed by atoms with Crippen molar-refractivity contribution >= 4 is 23.3 Å². The highest BCUT2D eigenvalue weighted by Gasteiger charge is 1.95. The van der Waals surface area contributed by atoms with Crippen LogP contribution in [0.3, 0.4) is 0 Å². The molecular formula is C26H38N4. The fraction of sp³-hybridized carbons (Fsp3) is 0.269. The molecule has 4 heteroatoms. The number of rotatable bonds is 11. The Hall–Kier alpha value is -3.27. The molecule has 0 spiro atoms. The van der Waals surface area contributed by atoms with Gasteiger partial charge in [-0.15, -0.1) is 26.3 Å². The van der Waals surface area contributed by atoms with Crippen molar-refractivity contribution < 1.29 is 0 Å². The highest BCUT2D eigenvalue weighted by molar-refractivity contribution is 5.82. The summed E-state index contributed by atoms with van der Waals surface area (Å²) in [6.45, 7) is 19.9. The van der Waals surface area contributed by atoms with Crippen molar-refractivity contribution in [2.24, 2.45) is 4.99 Å². The van der Waals surface area contributed by atoms with Crippen LogP contribution >= 0.6 is 0 Å². The molecule has 0 atom stereocenters. The standard InChI is InChI=1S/C22H30N4.2C2H4/c1-18(2)24-15-5-3-4-6-16-25-21-11-13-22(14-12-21)26-17-19-7-9-20(23)10-8-19;2*1-2/h7-14,17,24-25H,1,3-6,15-16,23H2,2H3;2*1-2H2. The predicted octanol–water partition coefficient (Wildman–Crippen LogP) is 6.72. The van der Waals surface area contributed by atoms with Crippen LogP contribution < -0.4 is 16.4 Å². The molecule has 0 saturated heterocycles. The lowest BCUT2D eigenvalue weighted by atomic mass is 10.2. The second kappa shape index (κ2) is 17.8. The predicted molar refractivity (Wildman–Crippen MR) is 137 cm³/mol. The molecule has 0 amide bonds. The number of nitrogens with zero attached hydrogens (tertiary/aromatic N) is 1. The second-order valence-electron chi connectivity index (χ2n) is 6.52. The van der Waals surface area contributed by atoms with Gasteiger partial charge in [-0.2, -0.15) is 0 Å². The maximum absolute atomic E-state index is 5.68. The summed E-state index contributed by atoms with van der Waals surface area (Å²) in [6, 6.07) is 15.9. The van der Waals surface area contributed by atoms with Crippen LogP contribution in [0, 0.1) is 0 Å². The van der Waals surface area contributed by atoms with Crippen LogP contribution in [0.1, 0.15) is 38.2 Å². The molecule has 2 rings (SSSR count). The first kappa shape index (κ1) is 26.7. The smallest absolute Gasteiger partial charge is 0.0631 e. The minimum Gasteiger partial charge on any atom is -0.399 e. The maximum Gasteiger partial charge on any atom is 0.0631 e. The summed E-state index contributed by atoms with van der Waals surface area (Å²) in [7, 11) is 0. The van der Waals surface area contributed by atoms with Crippen LogP contribution in [-0.2, 0) is 0 Å². The Morgan fingerprint density at radius 3 is 2.00 bits per heavy atom. The van der Waals surface area contributed by atoms with Crippen molar-refractivity contribution in [2.45, 2.75) is 32.6 Å². The van der Waals surface area contributed by atoms with Gasteiger partial charge in [0.15, 0.2) is 0 Å². The van der Waals surface area contributed by atoms with E-state index in [0.29, 0.717) is 0 Å². The van der Waals surface area contributed by atoms with Crippen molar-refractivity contribution in [3.05, 3.63) is 92.7 Å². The van der Waals surface area contributed by atoms with Crippen molar-refractivity contribution in [2.75, 3.05) is 24.1 Å². The van der Waals surface area contributed by atoms with Gasteiger partial charge >= 0.3 is 0 Å². The number of anilines is 2. The molecule has 0 radical (unpaired) electrons. The van der Waals surface area contributed by atoms with Crippen LogP contribution in [0.4, 0.5) is 17.1 Å². The van der Waals surface area contributed by atoms with Gasteiger partial charge < -0.3 is 16.4 Å². The number of nitrogen functional groups attached to an aromatic ring is 1. The molecule has 30 heavy (non-hydrogen) atoms. The van der Waals surface area contributed by atoms with Crippen LogP contribution in [-0.4, -0.2) is 19.3 Å². The lowest BCUT2D eigenvalue weighted by molar-refractivity contribution is 0.628. The van der Waals surface area contributed by atoms with Crippen molar-refractivity contribution in [1.29, 1.82) is 0 Å².